The molecule has 0 aliphatic heterocycles. The number of halogens is 1. The maximum atomic E-state index is 15.1. The molecule has 5 nitrogen and oxygen atoms in total. The van der Waals surface area contributed by atoms with Crippen molar-refractivity contribution in [2.45, 2.75) is 12.8 Å². The Morgan fingerprint density at radius 3 is 2.45 bits per heavy atom. The van der Waals surface area contributed by atoms with Gasteiger partial charge in [0.2, 0.25) is 0 Å². The molecule has 0 saturated carbocycles. The van der Waals surface area contributed by atoms with E-state index in [2.05, 4.69) is 13.2 Å². The van der Waals surface area contributed by atoms with Gasteiger partial charge in [-0.15, -0.1) is 11.3 Å². The molecule has 0 aliphatic carbocycles. The van der Waals surface area contributed by atoms with Crippen LogP contribution in [0.1, 0.15) is 12.0 Å². The summed E-state index contributed by atoms with van der Waals surface area (Å²) < 4.78 is 31.9. The number of rotatable bonds is 8. The van der Waals surface area contributed by atoms with Crippen molar-refractivity contribution >= 4 is 43.4 Å². The van der Waals surface area contributed by atoms with Gasteiger partial charge in [0.25, 0.3) is 0 Å². The number of aryl methyl sites for hydroxylation is 1. The van der Waals surface area contributed by atoms with E-state index in [4.69, 9.17) is 14.2 Å². The maximum absolute atomic E-state index is 15.1. The molecular weight excluding hydrogens is 395 g/mol. The third-order valence-electron chi connectivity index (χ3n) is 4.33. The highest BCUT2D eigenvalue weighted by Gasteiger charge is 2.19. The standard InChI is InChI=1S/C22H19FO5S/c1-4-17(24)27-12-6-7-13-8-9-14-15-10-11-16(28-18(25)5-2)20(26-3)22(15)29-21(14)19(13)23/h4-5,8-11H,1-2,6-7,12H2,3H3. The van der Waals surface area contributed by atoms with Gasteiger partial charge < -0.3 is 14.2 Å². The van der Waals surface area contributed by atoms with Gasteiger partial charge >= 0.3 is 11.9 Å². The summed E-state index contributed by atoms with van der Waals surface area (Å²) >= 11 is 1.23. The first-order valence-corrected chi connectivity index (χ1v) is 9.65. The Kier molecular flexibility index (Phi) is 6.29. The predicted molar refractivity (Wildman–Crippen MR) is 111 cm³/mol. The van der Waals surface area contributed by atoms with E-state index in [1.807, 2.05) is 6.07 Å². The predicted octanol–water partition coefficient (Wildman–Crippen LogP) is 4.96. The fourth-order valence-electron chi connectivity index (χ4n) is 2.98. The van der Waals surface area contributed by atoms with E-state index in [9.17, 15) is 9.59 Å². The molecule has 0 fully saturated rings. The van der Waals surface area contributed by atoms with E-state index >= 15 is 4.39 Å². The molecule has 0 unspecified atom stereocenters. The summed E-state index contributed by atoms with van der Waals surface area (Å²) in [5.74, 6) is -0.789. The van der Waals surface area contributed by atoms with Gasteiger partial charge in [-0.1, -0.05) is 25.3 Å². The minimum Gasteiger partial charge on any atom is -0.491 e. The number of ether oxygens (including phenoxy) is 3. The van der Waals surface area contributed by atoms with Crippen molar-refractivity contribution < 1.29 is 28.2 Å². The molecule has 0 radical (unpaired) electrons. The van der Waals surface area contributed by atoms with Crippen LogP contribution in [-0.2, 0) is 20.7 Å². The number of carbonyl (C=O) groups excluding carboxylic acids is 2. The van der Waals surface area contributed by atoms with Crippen molar-refractivity contribution in [3.8, 4) is 11.5 Å². The van der Waals surface area contributed by atoms with E-state index in [-0.39, 0.29) is 18.2 Å². The average Bonchev–Trinajstić information content (AvgIpc) is 3.11. The molecule has 0 atom stereocenters. The molecule has 7 heteroatoms. The summed E-state index contributed by atoms with van der Waals surface area (Å²) in [7, 11) is 1.47. The minimum absolute atomic E-state index is 0.195. The molecule has 0 N–H and O–H groups in total. The lowest BCUT2D eigenvalue weighted by molar-refractivity contribution is -0.137. The van der Waals surface area contributed by atoms with Gasteiger partial charge in [-0.25, -0.2) is 14.0 Å². The van der Waals surface area contributed by atoms with Crippen molar-refractivity contribution in [2.24, 2.45) is 0 Å². The van der Waals surface area contributed by atoms with Crippen LogP contribution in [0, 0.1) is 5.82 Å². The second-order valence-electron chi connectivity index (χ2n) is 6.09. The molecule has 0 amide bonds. The van der Waals surface area contributed by atoms with Crippen LogP contribution in [0.2, 0.25) is 0 Å². The van der Waals surface area contributed by atoms with Gasteiger partial charge in [-0.05, 0) is 30.5 Å². The summed E-state index contributed by atoms with van der Waals surface area (Å²) in [4.78, 5) is 22.6. The number of methoxy groups -OCH3 is 1. The molecule has 1 aromatic heterocycles. The lowest BCUT2D eigenvalue weighted by Gasteiger charge is -2.08. The van der Waals surface area contributed by atoms with Crippen LogP contribution in [0.3, 0.4) is 0 Å². The molecule has 0 spiro atoms. The van der Waals surface area contributed by atoms with Crippen molar-refractivity contribution in [3.05, 3.63) is 61.0 Å². The number of thiophene rings is 1. The van der Waals surface area contributed by atoms with Crippen LogP contribution in [0.5, 0.6) is 11.5 Å². The highest BCUT2D eigenvalue weighted by atomic mass is 32.1. The minimum atomic E-state index is -0.602. The highest BCUT2D eigenvalue weighted by molar-refractivity contribution is 7.26. The number of carbonyl (C=O) groups is 2. The van der Waals surface area contributed by atoms with E-state index in [0.29, 0.717) is 33.6 Å². The quantitative estimate of drug-likeness (QED) is 0.226. The van der Waals surface area contributed by atoms with E-state index in [1.165, 1.54) is 18.4 Å². The van der Waals surface area contributed by atoms with E-state index in [1.54, 1.807) is 18.2 Å². The largest absolute Gasteiger partial charge is 0.491 e. The van der Waals surface area contributed by atoms with Gasteiger partial charge in [0.15, 0.2) is 11.5 Å². The molecule has 150 valence electrons. The van der Waals surface area contributed by atoms with Crippen LogP contribution < -0.4 is 9.47 Å². The third-order valence-corrected chi connectivity index (χ3v) is 5.54. The molecule has 0 bridgehead atoms. The van der Waals surface area contributed by atoms with Gasteiger partial charge in [-0.3, -0.25) is 0 Å². The lowest BCUT2D eigenvalue weighted by Crippen LogP contribution is -2.04. The molecular formula is C22H19FO5S. The molecule has 3 rings (SSSR count). The maximum Gasteiger partial charge on any atom is 0.335 e. The number of hydrogen-bond acceptors (Lipinski definition) is 6. The summed E-state index contributed by atoms with van der Waals surface area (Å²) in [6.07, 6.45) is 3.09. The van der Waals surface area contributed by atoms with Crippen LogP contribution in [0.4, 0.5) is 4.39 Å². The first-order chi connectivity index (χ1) is 14.0. The summed E-state index contributed by atoms with van der Waals surface area (Å²) in [6.45, 7) is 6.91. The lowest BCUT2D eigenvalue weighted by atomic mass is 10.1. The first kappa shape index (κ1) is 20.5. The number of hydrogen-bond donors (Lipinski definition) is 0. The Hall–Kier alpha value is -3.19. The van der Waals surface area contributed by atoms with E-state index in [0.717, 1.165) is 22.9 Å². The normalized spacial score (nSPS) is 10.7. The summed E-state index contributed by atoms with van der Waals surface area (Å²) in [6, 6.07) is 6.99. The van der Waals surface area contributed by atoms with Crippen molar-refractivity contribution in [3.63, 3.8) is 0 Å². The molecule has 1 heterocycles. The fourth-order valence-corrected chi connectivity index (χ4v) is 4.26. The van der Waals surface area contributed by atoms with Crippen LogP contribution in [-0.4, -0.2) is 25.7 Å². The molecule has 0 aliphatic rings. The topological polar surface area (TPSA) is 61.8 Å². The van der Waals surface area contributed by atoms with Gasteiger partial charge in [0.05, 0.1) is 23.1 Å². The zero-order valence-corrected chi connectivity index (χ0v) is 16.6. The van der Waals surface area contributed by atoms with Crippen LogP contribution in [0.25, 0.3) is 20.2 Å². The molecule has 3 aromatic rings. The monoisotopic (exact) mass is 414 g/mol. The number of fused-ring (bicyclic) bond motifs is 3. The average molecular weight is 414 g/mol. The Bertz CT molecular complexity index is 1120. The number of esters is 2. The zero-order valence-electron chi connectivity index (χ0n) is 15.8. The number of benzene rings is 2. The second-order valence-corrected chi connectivity index (χ2v) is 7.11. The molecule has 0 saturated heterocycles. The SMILES string of the molecule is C=CC(=O)OCCCc1ccc2c(sc3c(OC)c(OC(=O)C=C)ccc32)c1F. The van der Waals surface area contributed by atoms with Gasteiger partial charge in [-0.2, -0.15) is 0 Å². The second kappa shape index (κ2) is 8.87. The van der Waals surface area contributed by atoms with E-state index < -0.39 is 11.9 Å². The fraction of sp³-hybridized carbons (Fsp3) is 0.182. The van der Waals surface area contributed by atoms with Gasteiger partial charge in [0, 0.05) is 22.9 Å². The summed E-state index contributed by atoms with van der Waals surface area (Å²) in [5, 5.41) is 1.56. The molecule has 29 heavy (non-hydrogen) atoms. The first-order valence-electron chi connectivity index (χ1n) is 8.84. The Labute approximate surface area is 171 Å². The zero-order chi connectivity index (χ0) is 21.0. The Morgan fingerprint density at radius 2 is 1.76 bits per heavy atom. The van der Waals surface area contributed by atoms with Crippen molar-refractivity contribution in [1.29, 1.82) is 0 Å². The van der Waals surface area contributed by atoms with Crippen LogP contribution >= 0.6 is 11.3 Å². The smallest absolute Gasteiger partial charge is 0.335 e. The van der Waals surface area contributed by atoms with Crippen molar-refractivity contribution in [2.75, 3.05) is 13.7 Å². The Balaban J connectivity index is 1.96. The van der Waals surface area contributed by atoms with Crippen LogP contribution in [0.15, 0.2) is 49.6 Å². The van der Waals surface area contributed by atoms with Gasteiger partial charge in [0.1, 0.15) is 5.82 Å². The Morgan fingerprint density at radius 1 is 1.07 bits per heavy atom. The summed E-state index contributed by atoms with van der Waals surface area (Å²) in [5.41, 5.74) is 0.538. The van der Waals surface area contributed by atoms with Crippen molar-refractivity contribution in [1.82, 2.24) is 0 Å². The highest BCUT2D eigenvalue weighted by Crippen LogP contribution is 2.45. The third kappa shape index (κ3) is 4.14. The molecule has 2 aromatic carbocycles.